The second kappa shape index (κ2) is 6.13. The molecule has 0 aliphatic heterocycles. The van der Waals surface area contributed by atoms with E-state index in [9.17, 15) is 0 Å². The predicted octanol–water partition coefficient (Wildman–Crippen LogP) is 2.87. The molecule has 0 spiro atoms. The lowest BCUT2D eigenvalue weighted by molar-refractivity contribution is 0.336. The third kappa shape index (κ3) is 3.84. The summed E-state index contributed by atoms with van der Waals surface area (Å²) in [5.41, 5.74) is 8.20. The maximum Gasteiger partial charge on any atom is 0.122 e. The lowest BCUT2D eigenvalue weighted by atomic mass is 10.1. The van der Waals surface area contributed by atoms with E-state index in [1.807, 2.05) is 13.0 Å². The Morgan fingerprint density at radius 2 is 2.13 bits per heavy atom. The average Bonchev–Trinajstić information content (AvgIpc) is 2.20. The molecular formula is C12H18BrNO. The zero-order chi connectivity index (χ0) is 11.3. The molecule has 1 atom stereocenters. The predicted molar refractivity (Wildman–Crippen MR) is 67.6 cm³/mol. The van der Waals surface area contributed by atoms with E-state index in [1.54, 1.807) is 0 Å². The van der Waals surface area contributed by atoms with Gasteiger partial charge in [0.15, 0.2) is 0 Å². The molecule has 0 heterocycles. The van der Waals surface area contributed by atoms with Gasteiger partial charge in [0.05, 0.1) is 11.6 Å². The monoisotopic (exact) mass is 271 g/mol. The van der Waals surface area contributed by atoms with Crippen LogP contribution in [0.15, 0.2) is 18.2 Å². The van der Waals surface area contributed by atoms with Crippen LogP contribution in [-0.4, -0.2) is 11.6 Å². The van der Waals surface area contributed by atoms with Gasteiger partial charge in [-0.2, -0.15) is 0 Å². The maximum absolute atomic E-state index is 5.70. The molecule has 1 aromatic rings. The molecule has 15 heavy (non-hydrogen) atoms. The number of ether oxygens (including phenoxy) is 1. The largest absolute Gasteiger partial charge is 0.494 e. The van der Waals surface area contributed by atoms with Gasteiger partial charge in [-0.25, -0.2) is 0 Å². The Bertz CT molecular complexity index is 312. The molecule has 0 saturated heterocycles. The van der Waals surface area contributed by atoms with Gasteiger partial charge in [-0.05, 0) is 37.0 Å². The van der Waals surface area contributed by atoms with Crippen molar-refractivity contribution < 1.29 is 4.74 Å². The topological polar surface area (TPSA) is 35.2 Å². The zero-order valence-corrected chi connectivity index (χ0v) is 10.9. The van der Waals surface area contributed by atoms with Gasteiger partial charge in [0, 0.05) is 0 Å². The van der Waals surface area contributed by atoms with Crippen molar-refractivity contribution in [3.05, 3.63) is 29.3 Å². The van der Waals surface area contributed by atoms with Crippen LogP contribution in [0.2, 0.25) is 0 Å². The van der Waals surface area contributed by atoms with Crippen LogP contribution in [0, 0.1) is 0 Å². The number of alkyl halides is 1. The number of hydrogen-bond acceptors (Lipinski definition) is 2. The summed E-state index contributed by atoms with van der Waals surface area (Å²) in [4.78, 5) is 0.0279. The summed E-state index contributed by atoms with van der Waals surface area (Å²) >= 11 is 3.35. The Morgan fingerprint density at radius 3 is 2.67 bits per heavy atom. The summed E-state index contributed by atoms with van der Waals surface area (Å²) in [6, 6.07) is 6.28. The Hall–Kier alpha value is -0.540. The van der Waals surface area contributed by atoms with E-state index < -0.39 is 0 Å². The van der Waals surface area contributed by atoms with Gasteiger partial charge in [-0.3, -0.25) is 0 Å². The van der Waals surface area contributed by atoms with Crippen molar-refractivity contribution in [2.24, 2.45) is 5.73 Å². The second-order valence-corrected chi connectivity index (χ2v) is 4.62. The van der Waals surface area contributed by atoms with Crippen LogP contribution >= 0.6 is 15.9 Å². The van der Waals surface area contributed by atoms with E-state index in [1.165, 1.54) is 11.1 Å². The standard InChI is InChI=1S/C12H18BrNO/c1-3-10-7-9(8-12(13)14)5-6-11(10)15-4-2/h5-7,12H,3-4,8,14H2,1-2H3. The SMILES string of the molecule is CCOc1ccc(CC(N)Br)cc1CC. The van der Waals surface area contributed by atoms with Crippen LogP contribution in [0.1, 0.15) is 25.0 Å². The van der Waals surface area contributed by atoms with Crippen molar-refractivity contribution >= 4 is 15.9 Å². The van der Waals surface area contributed by atoms with E-state index in [-0.39, 0.29) is 4.95 Å². The number of halogens is 1. The molecule has 3 heteroatoms. The van der Waals surface area contributed by atoms with Crippen molar-refractivity contribution in [1.82, 2.24) is 0 Å². The van der Waals surface area contributed by atoms with Crippen molar-refractivity contribution in [2.75, 3.05) is 6.61 Å². The minimum Gasteiger partial charge on any atom is -0.494 e. The fraction of sp³-hybridized carbons (Fsp3) is 0.500. The first-order valence-electron chi connectivity index (χ1n) is 5.31. The molecular weight excluding hydrogens is 254 g/mol. The number of benzene rings is 1. The van der Waals surface area contributed by atoms with E-state index in [0.717, 1.165) is 18.6 Å². The molecule has 84 valence electrons. The summed E-state index contributed by atoms with van der Waals surface area (Å²) in [5, 5.41) is 0. The summed E-state index contributed by atoms with van der Waals surface area (Å²) in [7, 11) is 0. The number of rotatable bonds is 5. The average molecular weight is 272 g/mol. The summed E-state index contributed by atoms with van der Waals surface area (Å²) in [5.74, 6) is 0.992. The molecule has 1 unspecified atom stereocenters. The molecule has 0 fully saturated rings. The van der Waals surface area contributed by atoms with Crippen LogP contribution < -0.4 is 10.5 Å². The van der Waals surface area contributed by atoms with E-state index >= 15 is 0 Å². The van der Waals surface area contributed by atoms with Gasteiger partial charge in [0.2, 0.25) is 0 Å². The van der Waals surface area contributed by atoms with E-state index in [2.05, 4.69) is 35.0 Å². The molecule has 0 aliphatic carbocycles. The highest BCUT2D eigenvalue weighted by molar-refractivity contribution is 9.09. The van der Waals surface area contributed by atoms with Gasteiger partial charge >= 0.3 is 0 Å². The summed E-state index contributed by atoms with van der Waals surface area (Å²) < 4.78 is 5.54. The molecule has 0 amide bonds. The first-order chi connectivity index (χ1) is 7.17. The van der Waals surface area contributed by atoms with Gasteiger partial charge in [0.25, 0.3) is 0 Å². The fourth-order valence-electron chi connectivity index (χ4n) is 1.56. The molecule has 1 rings (SSSR count). The molecule has 2 N–H and O–H groups in total. The van der Waals surface area contributed by atoms with Gasteiger partial charge in [0.1, 0.15) is 5.75 Å². The first-order valence-corrected chi connectivity index (χ1v) is 6.23. The minimum atomic E-state index is 0.0279. The van der Waals surface area contributed by atoms with E-state index in [0.29, 0.717) is 6.61 Å². The zero-order valence-electron chi connectivity index (χ0n) is 9.29. The first kappa shape index (κ1) is 12.5. The normalized spacial score (nSPS) is 12.5. The van der Waals surface area contributed by atoms with Crippen LogP contribution in [-0.2, 0) is 12.8 Å². The van der Waals surface area contributed by atoms with Crippen molar-refractivity contribution in [3.63, 3.8) is 0 Å². The van der Waals surface area contributed by atoms with Gasteiger partial charge in [-0.1, -0.05) is 35.0 Å². The molecule has 0 saturated carbocycles. The van der Waals surface area contributed by atoms with Gasteiger partial charge < -0.3 is 10.5 Å². The smallest absolute Gasteiger partial charge is 0.122 e. The fourth-order valence-corrected chi connectivity index (χ4v) is 1.93. The van der Waals surface area contributed by atoms with Crippen LogP contribution in [0.25, 0.3) is 0 Å². The highest BCUT2D eigenvalue weighted by Crippen LogP contribution is 2.21. The lowest BCUT2D eigenvalue weighted by Crippen LogP contribution is -2.14. The van der Waals surface area contributed by atoms with Crippen LogP contribution in [0.4, 0.5) is 0 Å². The summed E-state index contributed by atoms with van der Waals surface area (Å²) in [6.07, 6.45) is 1.83. The Morgan fingerprint density at radius 1 is 1.40 bits per heavy atom. The molecule has 0 radical (unpaired) electrons. The Balaban J connectivity index is 2.86. The molecule has 0 aromatic heterocycles. The molecule has 2 nitrogen and oxygen atoms in total. The maximum atomic E-state index is 5.70. The minimum absolute atomic E-state index is 0.0279. The third-order valence-corrected chi connectivity index (χ3v) is 2.56. The molecule has 1 aromatic carbocycles. The highest BCUT2D eigenvalue weighted by atomic mass is 79.9. The Labute approximate surface area is 99.9 Å². The van der Waals surface area contributed by atoms with Crippen molar-refractivity contribution in [1.29, 1.82) is 0 Å². The number of aryl methyl sites for hydroxylation is 1. The summed E-state index contributed by atoms with van der Waals surface area (Å²) in [6.45, 7) is 4.85. The molecule has 0 aliphatic rings. The lowest BCUT2D eigenvalue weighted by Gasteiger charge is -2.11. The second-order valence-electron chi connectivity index (χ2n) is 3.45. The van der Waals surface area contributed by atoms with Crippen molar-refractivity contribution in [2.45, 2.75) is 31.6 Å². The number of hydrogen-bond donors (Lipinski definition) is 1. The van der Waals surface area contributed by atoms with Crippen LogP contribution in [0.5, 0.6) is 5.75 Å². The van der Waals surface area contributed by atoms with Crippen LogP contribution in [0.3, 0.4) is 0 Å². The number of nitrogens with two attached hydrogens (primary N) is 1. The van der Waals surface area contributed by atoms with E-state index in [4.69, 9.17) is 10.5 Å². The highest BCUT2D eigenvalue weighted by Gasteiger charge is 2.05. The van der Waals surface area contributed by atoms with Gasteiger partial charge in [-0.15, -0.1) is 0 Å². The quantitative estimate of drug-likeness (QED) is 0.660. The Kier molecular flexibility index (Phi) is 5.12. The molecule has 0 bridgehead atoms. The third-order valence-electron chi connectivity index (χ3n) is 2.24. The van der Waals surface area contributed by atoms with Crippen molar-refractivity contribution in [3.8, 4) is 5.75 Å².